The van der Waals surface area contributed by atoms with Gasteiger partial charge in [0, 0.05) is 0 Å². The van der Waals surface area contributed by atoms with Crippen LogP contribution in [0.25, 0.3) is 11.0 Å². The van der Waals surface area contributed by atoms with Crippen molar-refractivity contribution in [3.63, 3.8) is 0 Å². The van der Waals surface area contributed by atoms with Crippen LogP contribution in [0.15, 0.2) is 6.33 Å². The largest absolute Gasteiger partial charge is 0.468 e. The topological polar surface area (TPSA) is 80.8 Å². The highest BCUT2D eigenvalue weighted by Gasteiger charge is 2.08. The SMILES string of the molecule is COC(=O)CC#Cc1[nH]nc2ncnc(Cl)c12. The Morgan fingerprint density at radius 1 is 1.59 bits per heavy atom. The molecule has 1 N–H and O–H groups in total. The Hall–Kier alpha value is -2.13. The summed E-state index contributed by atoms with van der Waals surface area (Å²) in [5.74, 6) is 4.99. The van der Waals surface area contributed by atoms with Gasteiger partial charge in [0.05, 0.1) is 12.5 Å². The molecule has 0 saturated carbocycles. The molecule has 0 saturated heterocycles. The first-order valence-electron chi connectivity index (χ1n) is 4.62. The third kappa shape index (κ3) is 2.34. The van der Waals surface area contributed by atoms with E-state index in [-0.39, 0.29) is 11.6 Å². The monoisotopic (exact) mass is 250 g/mol. The number of fused-ring (bicyclic) bond motifs is 1. The zero-order valence-electron chi connectivity index (χ0n) is 8.82. The number of hydrogen-bond donors (Lipinski definition) is 1. The number of methoxy groups -OCH3 is 1. The summed E-state index contributed by atoms with van der Waals surface area (Å²) in [5, 5.41) is 7.42. The van der Waals surface area contributed by atoms with Gasteiger partial charge in [-0.1, -0.05) is 17.5 Å². The second-order valence-electron chi connectivity index (χ2n) is 3.02. The van der Waals surface area contributed by atoms with Crippen LogP contribution >= 0.6 is 11.6 Å². The summed E-state index contributed by atoms with van der Waals surface area (Å²) in [6, 6.07) is 0. The standard InChI is InChI=1S/C10H7ClN4O2/c1-17-7(16)4-2-3-6-8-9(11)12-5-13-10(8)15-14-6/h5H,4H2,1H3,(H,12,13,14,15). The van der Waals surface area contributed by atoms with Crippen molar-refractivity contribution in [1.82, 2.24) is 20.2 Å². The van der Waals surface area contributed by atoms with Crippen molar-refractivity contribution < 1.29 is 9.53 Å². The number of esters is 1. The average Bonchev–Trinajstić information content (AvgIpc) is 2.74. The lowest BCUT2D eigenvalue weighted by Crippen LogP contribution is -1.97. The lowest BCUT2D eigenvalue weighted by molar-refractivity contribution is -0.139. The molecule has 2 aromatic heterocycles. The van der Waals surface area contributed by atoms with Gasteiger partial charge in [-0.3, -0.25) is 9.89 Å². The Bertz CT molecular complexity index is 626. The summed E-state index contributed by atoms with van der Waals surface area (Å²) in [6.07, 6.45) is 1.32. The molecule has 0 atom stereocenters. The predicted octanol–water partition coefficient (Wildman–Crippen LogP) is 0.921. The zero-order valence-corrected chi connectivity index (χ0v) is 9.58. The summed E-state index contributed by atoms with van der Waals surface area (Å²) in [6.45, 7) is 0. The van der Waals surface area contributed by atoms with Gasteiger partial charge in [-0.25, -0.2) is 9.97 Å². The Labute approximate surface area is 101 Å². The molecule has 0 aliphatic rings. The van der Waals surface area contributed by atoms with Gasteiger partial charge in [0.15, 0.2) is 5.65 Å². The molecular formula is C10H7ClN4O2. The van der Waals surface area contributed by atoms with Crippen LogP contribution in [-0.2, 0) is 9.53 Å². The molecule has 0 radical (unpaired) electrons. The van der Waals surface area contributed by atoms with Crippen LogP contribution < -0.4 is 0 Å². The number of H-pyrrole nitrogens is 1. The third-order valence-electron chi connectivity index (χ3n) is 1.98. The van der Waals surface area contributed by atoms with E-state index in [0.29, 0.717) is 16.7 Å². The normalized spacial score (nSPS) is 9.76. The lowest BCUT2D eigenvalue weighted by Gasteiger charge is -1.91. The number of rotatable bonds is 1. The number of halogens is 1. The van der Waals surface area contributed by atoms with E-state index in [9.17, 15) is 4.79 Å². The minimum absolute atomic E-state index is 0.00230. The highest BCUT2D eigenvalue weighted by Crippen LogP contribution is 2.19. The van der Waals surface area contributed by atoms with E-state index in [1.165, 1.54) is 13.4 Å². The fourth-order valence-corrected chi connectivity index (χ4v) is 1.41. The number of carbonyl (C=O) groups excluding carboxylic acids is 1. The fraction of sp³-hybridized carbons (Fsp3) is 0.200. The number of aromatic nitrogens is 4. The van der Waals surface area contributed by atoms with Crippen LogP contribution in [0.1, 0.15) is 12.1 Å². The van der Waals surface area contributed by atoms with Crippen molar-refractivity contribution in [2.24, 2.45) is 0 Å². The van der Waals surface area contributed by atoms with Crippen LogP contribution in [0.4, 0.5) is 0 Å². The number of aromatic amines is 1. The maximum Gasteiger partial charge on any atom is 0.317 e. The zero-order chi connectivity index (χ0) is 12.3. The molecule has 17 heavy (non-hydrogen) atoms. The molecule has 0 unspecified atom stereocenters. The number of nitrogens with zero attached hydrogens (tertiary/aromatic N) is 3. The van der Waals surface area contributed by atoms with Gasteiger partial charge >= 0.3 is 5.97 Å². The molecule has 0 fully saturated rings. The van der Waals surface area contributed by atoms with E-state index in [2.05, 4.69) is 36.7 Å². The minimum atomic E-state index is -0.399. The van der Waals surface area contributed by atoms with E-state index in [4.69, 9.17) is 11.6 Å². The molecule has 7 heteroatoms. The fourth-order valence-electron chi connectivity index (χ4n) is 1.19. The van der Waals surface area contributed by atoms with E-state index in [1.54, 1.807) is 0 Å². The Morgan fingerprint density at radius 2 is 2.41 bits per heavy atom. The smallest absolute Gasteiger partial charge is 0.317 e. The van der Waals surface area contributed by atoms with Crippen molar-refractivity contribution in [2.75, 3.05) is 7.11 Å². The second kappa shape index (κ2) is 4.80. The quantitative estimate of drug-likeness (QED) is 0.462. The van der Waals surface area contributed by atoms with Gasteiger partial charge in [-0.05, 0) is 5.92 Å². The number of carbonyl (C=O) groups is 1. The summed E-state index contributed by atoms with van der Waals surface area (Å²) in [5.41, 5.74) is 0.918. The molecule has 86 valence electrons. The minimum Gasteiger partial charge on any atom is -0.468 e. The van der Waals surface area contributed by atoms with Crippen LogP contribution in [0.3, 0.4) is 0 Å². The lowest BCUT2D eigenvalue weighted by atomic mass is 10.3. The van der Waals surface area contributed by atoms with Gasteiger partial charge < -0.3 is 4.74 Å². The van der Waals surface area contributed by atoms with Crippen LogP contribution in [-0.4, -0.2) is 33.2 Å². The molecule has 0 aromatic carbocycles. The van der Waals surface area contributed by atoms with Gasteiger partial charge in [-0.2, -0.15) is 5.10 Å². The van der Waals surface area contributed by atoms with Crippen molar-refractivity contribution >= 4 is 28.6 Å². The van der Waals surface area contributed by atoms with Crippen molar-refractivity contribution in [3.05, 3.63) is 17.2 Å². The van der Waals surface area contributed by atoms with E-state index >= 15 is 0 Å². The van der Waals surface area contributed by atoms with Gasteiger partial charge in [0.1, 0.15) is 23.6 Å². The van der Waals surface area contributed by atoms with E-state index < -0.39 is 5.97 Å². The van der Waals surface area contributed by atoms with Crippen molar-refractivity contribution in [3.8, 4) is 11.8 Å². The molecular weight excluding hydrogens is 244 g/mol. The third-order valence-corrected chi connectivity index (χ3v) is 2.26. The predicted molar refractivity (Wildman–Crippen MR) is 60.2 cm³/mol. The second-order valence-corrected chi connectivity index (χ2v) is 3.37. The average molecular weight is 251 g/mol. The highest BCUT2D eigenvalue weighted by molar-refractivity contribution is 6.34. The maximum absolute atomic E-state index is 10.9. The van der Waals surface area contributed by atoms with Gasteiger partial charge in [0.2, 0.25) is 0 Å². The number of ether oxygens (including phenoxy) is 1. The summed E-state index contributed by atoms with van der Waals surface area (Å²) >= 11 is 5.90. The summed E-state index contributed by atoms with van der Waals surface area (Å²) < 4.78 is 4.46. The number of nitrogens with one attached hydrogen (secondary N) is 1. The van der Waals surface area contributed by atoms with E-state index in [1.807, 2.05) is 0 Å². The highest BCUT2D eigenvalue weighted by atomic mass is 35.5. The molecule has 2 aromatic rings. The molecule has 0 aliphatic carbocycles. The molecule has 0 aliphatic heterocycles. The molecule has 2 heterocycles. The Balaban J connectivity index is 2.33. The Morgan fingerprint density at radius 3 is 3.18 bits per heavy atom. The first-order chi connectivity index (χ1) is 8.22. The molecule has 0 spiro atoms. The molecule has 2 rings (SSSR count). The van der Waals surface area contributed by atoms with Crippen molar-refractivity contribution in [1.29, 1.82) is 0 Å². The molecule has 0 amide bonds. The first kappa shape index (κ1) is 11.4. The molecule has 6 nitrogen and oxygen atoms in total. The number of hydrogen-bond acceptors (Lipinski definition) is 5. The maximum atomic E-state index is 10.9. The van der Waals surface area contributed by atoms with Gasteiger partial charge in [-0.15, -0.1) is 0 Å². The molecule has 0 bridgehead atoms. The van der Waals surface area contributed by atoms with Gasteiger partial charge in [0.25, 0.3) is 0 Å². The van der Waals surface area contributed by atoms with Crippen LogP contribution in [0.5, 0.6) is 0 Å². The summed E-state index contributed by atoms with van der Waals surface area (Å²) in [7, 11) is 1.31. The van der Waals surface area contributed by atoms with Crippen LogP contribution in [0.2, 0.25) is 5.15 Å². The first-order valence-corrected chi connectivity index (χ1v) is 5.00. The summed E-state index contributed by atoms with van der Waals surface area (Å²) in [4.78, 5) is 18.6. The van der Waals surface area contributed by atoms with Crippen LogP contribution in [0, 0.1) is 11.8 Å². The Kier molecular flexibility index (Phi) is 3.21. The van der Waals surface area contributed by atoms with E-state index in [0.717, 1.165) is 0 Å². The van der Waals surface area contributed by atoms with Crippen molar-refractivity contribution in [2.45, 2.75) is 6.42 Å².